The van der Waals surface area contributed by atoms with Gasteiger partial charge in [-0.1, -0.05) is 6.42 Å². The van der Waals surface area contributed by atoms with Crippen LogP contribution in [0.1, 0.15) is 50.0 Å². The molecule has 2 atom stereocenters. The summed E-state index contributed by atoms with van der Waals surface area (Å²) < 4.78 is 30.3. The summed E-state index contributed by atoms with van der Waals surface area (Å²) in [6, 6.07) is 0.462. The summed E-state index contributed by atoms with van der Waals surface area (Å²) >= 11 is 0. The molecule has 0 aromatic carbocycles. The van der Waals surface area contributed by atoms with Gasteiger partial charge < -0.3 is 9.32 Å². The van der Waals surface area contributed by atoms with E-state index in [4.69, 9.17) is 4.42 Å². The second-order valence-electron chi connectivity index (χ2n) is 6.35. The zero-order valence-corrected chi connectivity index (χ0v) is 13.4. The maximum Gasteiger partial charge on any atom is 0.181 e. The number of oxazole rings is 1. The van der Waals surface area contributed by atoms with Gasteiger partial charge in [0.2, 0.25) is 0 Å². The van der Waals surface area contributed by atoms with Gasteiger partial charge in [-0.2, -0.15) is 0 Å². The van der Waals surface area contributed by atoms with E-state index in [9.17, 15) is 8.42 Å². The van der Waals surface area contributed by atoms with Crippen molar-refractivity contribution in [2.75, 3.05) is 13.1 Å². The summed E-state index contributed by atoms with van der Waals surface area (Å²) in [5, 5.41) is -0.208. The fraction of sp³-hybridized carbons (Fsp3) is 0.800. The molecule has 1 aliphatic heterocycles. The van der Waals surface area contributed by atoms with E-state index in [0.29, 0.717) is 17.5 Å². The SMILES string of the molecule is Cc1ocnc1CS(=O)(=O)[C@@H]1CC[C@H](N2CCCCC2)C1. The molecule has 0 amide bonds. The molecule has 0 N–H and O–H groups in total. The lowest BCUT2D eigenvalue weighted by Gasteiger charge is -2.32. The van der Waals surface area contributed by atoms with E-state index in [1.54, 1.807) is 6.92 Å². The van der Waals surface area contributed by atoms with Gasteiger partial charge in [0, 0.05) is 6.04 Å². The number of hydrogen-bond acceptors (Lipinski definition) is 5. The molecular weight excluding hydrogens is 288 g/mol. The van der Waals surface area contributed by atoms with Crippen LogP contribution in [0.15, 0.2) is 10.8 Å². The minimum absolute atomic E-state index is 0.0206. The maximum atomic E-state index is 12.6. The number of aryl methyl sites for hydroxylation is 1. The average Bonchev–Trinajstić information content (AvgIpc) is 3.10. The minimum atomic E-state index is -3.13. The summed E-state index contributed by atoms with van der Waals surface area (Å²) in [5.74, 6) is 0.636. The summed E-state index contributed by atoms with van der Waals surface area (Å²) in [6.07, 6.45) is 7.75. The first-order valence-electron chi connectivity index (χ1n) is 7.91. The Morgan fingerprint density at radius 3 is 2.71 bits per heavy atom. The van der Waals surface area contributed by atoms with Crippen molar-refractivity contribution >= 4 is 9.84 Å². The zero-order valence-electron chi connectivity index (χ0n) is 12.6. The Hall–Kier alpha value is -0.880. The third-order valence-electron chi connectivity index (χ3n) is 4.95. The molecule has 118 valence electrons. The van der Waals surface area contributed by atoms with Gasteiger partial charge in [0.15, 0.2) is 16.2 Å². The minimum Gasteiger partial charge on any atom is -0.448 e. The zero-order chi connectivity index (χ0) is 14.9. The molecule has 3 rings (SSSR count). The van der Waals surface area contributed by atoms with Crippen molar-refractivity contribution in [2.24, 2.45) is 0 Å². The van der Waals surface area contributed by atoms with Crippen LogP contribution >= 0.6 is 0 Å². The fourth-order valence-corrected chi connectivity index (χ4v) is 5.54. The highest BCUT2D eigenvalue weighted by Gasteiger charge is 2.37. The molecule has 2 fully saturated rings. The van der Waals surface area contributed by atoms with Crippen molar-refractivity contribution in [2.45, 2.75) is 62.5 Å². The molecule has 1 saturated carbocycles. The first kappa shape index (κ1) is 15.0. The molecule has 1 aromatic heterocycles. The number of piperidine rings is 1. The first-order chi connectivity index (χ1) is 10.1. The van der Waals surface area contributed by atoms with E-state index in [-0.39, 0.29) is 11.0 Å². The van der Waals surface area contributed by atoms with E-state index >= 15 is 0 Å². The maximum absolute atomic E-state index is 12.6. The quantitative estimate of drug-likeness (QED) is 0.853. The fourth-order valence-electron chi connectivity index (χ4n) is 3.63. The van der Waals surface area contributed by atoms with E-state index in [0.717, 1.165) is 32.4 Å². The van der Waals surface area contributed by atoms with Gasteiger partial charge in [-0.05, 0) is 52.1 Å². The lowest BCUT2D eigenvalue weighted by atomic mass is 10.1. The van der Waals surface area contributed by atoms with Gasteiger partial charge in [0.1, 0.15) is 5.76 Å². The Kier molecular flexibility index (Phi) is 4.36. The Morgan fingerprint density at radius 1 is 1.29 bits per heavy atom. The number of aromatic nitrogens is 1. The number of rotatable bonds is 4. The molecule has 1 aliphatic carbocycles. The topological polar surface area (TPSA) is 63.4 Å². The molecule has 2 heterocycles. The van der Waals surface area contributed by atoms with E-state index in [1.165, 1.54) is 25.7 Å². The smallest absolute Gasteiger partial charge is 0.181 e. The Labute approximate surface area is 126 Å². The number of sulfone groups is 1. The second kappa shape index (κ2) is 6.08. The molecule has 0 spiro atoms. The van der Waals surface area contributed by atoms with Gasteiger partial charge in [0.05, 0.1) is 16.7 Å². The van der Waals surface area contributed by atoms with Crippen LogP contribution < -0.4 is 0 Å². The Morgan fingerprint density at radius 2 is 2.05 bits per heavy atom. The molecule has 0 unspecified atom stereocenters. The molecule has 1 aromatic rings. The van der Waals surface area contributed by atoms with Crippen LogP contribution in [0.5, 0.6) is 0 Å². The first-order valence-corrected chi connectivity index (χ1v) is 9.62. The van der Waals surface area contributed by atoms with Crippen molar-refractivity contribution < 1.29 is 12.8 Å². The lowest BCUT2D eigenvalue weighted by molar-refractivity contribution is 0.165. The summed E-state index contributed by atoms with van der Waals surface area (Å²) in [6.45, 7) is 4.04. The van der Waals surface area contributed by atoms with Crippen molar-refractivity contribution in [3.05, 3.63) is 17.8 Å². The van der Waals surface area contributed by atoms with Crippen LogP contribution in [-0.4, -0.2) is 42.7 Å². The average molecular weight is 312 g/mol. The number of likely N-dealkylation sites (tertiary alicyclic amines) is 1. The van der Waals surface area contributed by atoms with Crippen molar-refractivity contribution in [1.29, 1.82) is 0 Å². The molecule has 0 radical (unpaired) electrons. The molecule has 6 heteroatoms. The van der Waals surface area contributed by atoms with Crippen LogP contribution in [0.3, 0.4) is 0 Å². The highest BCUT2D eigenvalue weighted by Crippen LogP contribution is 2.32. The van der Waals surface area contributed by atoms with Gasteiger partial charge >= 0.3 is 0 Å². The number of nitrogens with zero attached hydrogens (tertiary/aromatic N) is 2. The summed E-state index contributed by atoms with van der Waals surface area (Å²) in [4.78, 5) is 6.53. The van der Waals surface area contributed by atoms with Gasteiger partial charge in [-0.25, -0.2) is 13.4 Å². The third kappa shape index (κ3) is 3.31. The number of hydrogen-bond donors (Lipinski definition) is 0. The third-order valence-corrected chi connectivity index (χ3v) is 7.07. The van der Waals surface area contributed by atoms with E-state index < -0.39 is 9.84 Å². The summed E-state index contributed by atoms with van der Waals surface area (Å²) in [7, 11) is -3.13. The normalized spacial score (nSPS) is 28.0. The predicted molar refractivity (Wildman–Crippen MR) is 80.7 cm³/mol. The van der Waals surface area contributed by atoms with Gasteiger partial charge in [-0.15, -0.1) is 0 Å². The standard InChI is InChI=1S/C15H24N2O3S/c1-12-15(16-11-20-12)10-21(18,19)14-6-5-13(9-14)17-7-3-2-4-8-17/h11,13-14H,2-10H2,1H3/t13-,14+/m0/s1. The molecular formula is C15H24N2O3S. The van der Waals surface area contributed by atoms with E-state index in [1.807, 2.05) is 0 Å². The van der Waals surface area contributed by atoms with Crippen LogP contribution in [-0.2, 0) is 15.6 Å². The van der Waals surface area contributed by atoms with Crippen molar-refractivity contribution in [3.63, 3.8) is 0 Å². The Bertz CT molecular complexity index is 575. The van der Waals surface area contributed by atoms with Crippen molar-refractivity contribution in [1.82, 2.24) is 9.88 Å². The lowest BCUT2D eigenvalue weighted by Crippen LogP contribution is -2.38. The highest BCUT2D eigenvalue weighted by molar-refractivity contribution is 7.91. The largest absolute Gasteiger partial charge is 0.448 e. The van der Waals surface area contributed by atoms with Crippen LogP contribution in [0.2, 0.25) is 0 Å². The summed E-state index contributed by atoms with van der Waals surface area (Å²) in [5.41, 5.74) is 0.566. The van der Waals surface area contributed by atoms with Crippen LogP contribution in [0.4, 0.5) is 0 Å². The molecule has 1 saturated heterocycles. The van der Waals surface area contributed by atoms with E-state index in [2.05, 4.69) is 9.88 Å². The molecule has 0 bridgehead atoms. The van der Waals surface area contributed by atoms with Gasteiger partial charge in [-0.3, -0.25) is 0 Å². The molecule has 5 nitrogen and oxygen atoms in total. The van der Waals surface area contributed by atoms with Gasteiger partial charge in [0.25, 0.3) is 0 Å². The highest BCUT2D eigenvalue weighted by atomic mass is 32.2. The predicted octanol–water partition coefficient (Wildman–Crippen LogP) is 2.30. The molecule has 2 aliphatic rings. The van der Waals surface area contributed by atoms with Crippen molar-refractivity contribution in [3.8, 4) is 0 Å². The van der Waals surface area contributed by atoms with Crippen LogP contribution in [0, 0.1) is 6.92 Å². The van der Waals surface area contributed by atoms with Crippen LogP contribution in [0.25, 0.3) is 0 Å². The second-order valence-corrected chi connectivity index (χ2v) is 8.63. The Balaban J connectivity index is 1.63. The monoisotopic (exact) mass is 312 g/mol. The molecule has 21 heavy (non-hydrogen) atoms.